The molecule has 1 aliphatic heterocycles. The standard InChI is InChI=1S/C22H25N3O.ClH/c26-22(21-12-6-7-13-23-21)25-14-18(16-8-2-1-3-9-16)19-15-24-20-11-5-4-10-17(19)20;/h1-5,8-11,15,18,21,23-24H,6-7,12-14H2,(H,25,26);1H. The summed E-state index contributed by atoms with van der Waals surface area (Å²) in [6, 6.07) is 18.7. The van der Waals surface area contributed by atoms with Gasteiger partial charge in [-0.3, -0.25) is 4.79 Å². The molecule has 0 spiro atoms. The second-order valence-corrected chi connectivity index (χ2v) is 7.00. The van der Waals surface area contributed by atoms with Gasteiger partial charge in [0.15, 0.2) is 0 Å². The number of fused-ring (bicyclic) bond motifs is 1. The van der Waals surface area contributed by atoms with Gasteiger partial charge in [0, 0.05) is 29.6 Å². The summed E-state index contributed by atoms with van der Waals surface area (Å²) in [7, 11) is 0. The third-order valence-corrected chi connectivity index (χ3v) is 5.31. The summed E-state index contributed by atoms with van der Waals surface area (Å²) in [4.78, 5) is 15.9. The quantitative estimate of drug-likeness (QED) is 0.624. The molecule has 1 aliphatic rings. The van der Waals surface area contributed by atoms with Crippen molar-refractivity contribution in [3.63, 3.8) is 0 Å². The summed E-state index contributed by atoms with van der Waals surface area (Å²) in [5, 5.41) is 7.73. The molecule has 2 atom stereocenters. The first-order chi connectivity index (χ1) is 12.8. The molecular formula is C22H26ClN3O. The first-order valence-corrected chi connectivity index (χ1v) is 9.45. The minimum Gasteiger partial charge on any atom is -0.361 e. The Morgan fingerprint density at radius 2 is 1.85 bits per heavy atom. The van der Waals surface area contributed by atoms with Crippen LogP contribution in [0.1, 0.15) is 36.3 Å². The van der Waals surface area contributed by atoms with Crippen LogP contribution >= 0.6 is 12.4 Å². The SMILES string of the molecule is Cl.O=C(NCC(c1ccccc1)c1c[nH]c2ccccc12)C1CCCCN1. The minimum absolute atomic E-state index is 0. The van der Waals surface area contributed by atoms with Crippen molar-refractivity contribution in [2.45, 2.75) is 31.2 Å². The fourth-order valence-electron chi connectivity index (χ4n) is 3.88. The number of para-hydroxylation sites is 1. The molecule has 3 N–H and O–H groups in total. The number of hydrogen-bond donors (Lipinski definition) is 3. The van der Waals surface area contributed by atoms with Gasteiger partial charge in [0.25, 0.3) is 0 Å². The van der Waals surface area contributed by atoms with Crippen LogP contribution in [0.4, 0.5) is 0 Å². The third kappa shape index (κ3) is 4.34. The van der Waals surface area contributed by atoms with Crippen molar-refractivity contribution in [3.8, 4) is 0 Å². The zero-order valence-electron chi connectivity index (χ0n) is 15.3. The molecule has 0 saturated carbocycles. The van der Waals surface area contributed by atoms with Crippen LogP contribution in [0.5, 0.6) is 0 Å². The van der Waals surface area contributed by atoms with Gasteiger partial charge in [0.2, 0.25) is 5.91 Å². The monoisotopic (exact) mass is 383 g/mol. The van der Waals surface area contributed by atoms with Gasteiger partial charge in [0.1, 0.15) is 0 Å². The van der Waals surface area contributed by atoms with Crippen molar-refractivity contribution in [1.82, 2.24) is 15.6 Å². The summed E-state index contributed by atoms with van der Waals surface area (Å²) in [5.74, 6) is 0.241. The summed E-state index contributed by atoms with van der Waals surface area (Å²) in [6.45, 7) is 1.53. The van der Waals surface area contributed by atoms with Crippen molar-refractivity contribution in [2.24, 2.45) is 0 Å². The fraction of sp³-hybridized carbons (Fsp3) is 0.318. The Balaban J connectivity index is 0.00000210. The average Bonchev–Trinajstić information content (AvgIpc) is 3.14. The maximum Gasteiger partial charge on any atom is 0.237 e. The molecule has 5 heteroatoms. The third-order valence-electron chi connectivity index (χ3n) is 5.31. The predicted octanol–water partition coefficient (Wildman–Crippen LogP) is 3.98. The van der Waals surface area contributed by atoms with Crippen molar-refractivity contribution in [2.75, 3.05) is 13.1 Å². The first-order valence-electron chi connectivity index (χ1n) is 9.45. The van der Waals surface area contributed by atoms with Crippen molar-refractivity contribution in [3.05, 3.63) is 71.9 Å². The average molecular weight is 384 g/mol. The molecule has 4 nitrogen and oxygen atoms in total. The molecular weight excluding hydrogens is 358 g/mol. The normalized spacial score (nSPS) is 17.9. The van der Waals surface area contributed by atoms with E-state index < -0.39 is 0 Å². The lowest BCUT2D eigenvalue weighted by atomic mass is 9.90. The molecule has 1 fully saturated rings. The van der Waals surface area contributed by atoms with E-state index in [-0.39, 0.29) is 30.3 Å². The summed E-state index contributed by atoms with van der Waals surface area (Å²) >= 11 is 0. The van der Waals surface area contributed by atoms with E-state index >= 15 is 0 Å². The minimum atomic E-state index is -0.0526. The molecule has 1 saturated heterocycles. The highest BCUT2D eigenvalue weighted by atomic mass is 35.5. The number of aromatic amines is 1. The number of rotatable bonds is 5. The zero-order valence-corrected chi connectivity index (χ0v) is 16.1. The summed E-state index contributed by atoms with van der Waals surface area (Å²) in [6.07, 6.45) is 5.28. The Morgan fingerprint density at radius 3 is 2.63 bits per heavy atom. The molecule has 27 heavy (non-hydrogen) atoms. The number of H-pyrrole nitrogens is 1. The lowest BCUT2D eigenvalue weighted by Gasteiger charge is -2.24. The molecule has 2 aromatic carbocycles. The van der Waals surface area contributed by atoms with E-state index in [0.29, 0.717) is 6.54 Å². The number of amides is 1. The number of carbonyl (C=O) groups is 1. The van der Waals surface area contributed by atoms with E-state index in [0.717, 1.165) is 31.3 Å². The van der Waals surface area contributed by atoms with E-state index in [9.17, 15) is 4.79 Å². The Bertz CT molecular complexity index is 871. The highest BCUT2D eigenvalue weighted by molar-refractivity contribution is 5.85. The largest absolute Gasteiger partial charge is 0.361 e. The van der Waals surface area contributed by atoms with E-state index in [1.165, 1.54) is 16.5 Å². The Kier molecular flexibility index (Phi) is 6.54. The number of piperidine rings is 1. The Morgan fingerprint density at radius 1 is 1.07 bits per heavy atom. The highest BCUT2D eigenvalue weighted by Crippen LogP contribution is 2.30. The fourth-order valence-corrected chi connectivity index (χ4v) is 3.88. The van der Waals surface area contributed by atoms with Crippen LogP contribution in [-0.4, -0.2) is 30.0 Å². The Labute approximate surface area is 166 Å². The lowest BCUT2D eigenvalue weighted by molar-refractivity contribution is -0.123. The smallest absolute Gasteiger partial charge is 0.237 e. The van der Waals surface area contributed by atoms with Gasteiger partial charge >= 0.3 is 0 Å². The molecule has 4 rings (SSSR count). The maximum atomic E-state index is 12.6. The maximum absolute atomic E-state index is 12.6. The van der Waals surface area contributed by atoms with Gasteiger partial charge in [0.05, 0.1) is 6.04 Å². The van der Waals surface area contributed by atoms with Crippen LogP contribution in [0.3, 0.4) is 0 Å². The van der Waals surface area contributed by atoms with Crippen LogP contribution < -0.4 is 10.6 Å². The molecule has 0 aliphatic carbocycles. The van der Waals surface area contributed by atoms with Gasteiger partial charge in [-0.05, 0) is 36.6 Å². The molecule has 2 heterocycles. The van der Waals surface area contributed by atoms with Gasteiger partial charge in [-0.2, -0.15) is 0 Å². The molecule has 3 aromatic rings. The van der Waals surface area contributed by atoms with Crippen molar-refractivity contribution in [1.29, 1.82) is 0 Å². The second kappa shape index (κ2) is 9.07. The Hall–Kier alpha value is -2.30. The summed E-state index contributed by atoms with van der Waals surface area (Å²) in [5.41, 5.74) is 3.57. The predicted molar refractivity (Wildman–Crippen MR) is 112 cm³/mol. The van der Waals surface area contributed by atoms with Gasteiger partial charge in [-0.1, -0.05) is 55.0 Å². The van der Waals surface area contributed by atoms with E-state index in [1.54, 1.807) is 0 Å². The molecule has 2 unspecified atom stereocenters. The molecule has 142 valence electrons. The number of carbonyl (C=O) groups excluding carboxylic acids is 1. The molecule has 1 aromatic heterocycles. The van der Waals surface area contributed by atoms with Crippen LogP contribution in [0.25, 0.3) is 10.9 Å². The van der Waals surface area contributed by atoms with Gasteiger partial charge in [-0.25, -0.2) is 0 Å². The molecule has 0 bridgehead atoms. The first kappa shape index (κ1) is 19.5. The van der Waals surface area contributed by atoms with E-state index in [4.69, 9.17) is 0 Å². The number of benzene rings is 2. The lowest BCUT2D eigenvalue weighted by Crippen LogP contribution is -2.47. The second-order valence-electron chi connectivity index (χ2n) is 7.00. The zero-order chi connectivity index (χ0) is 17.8. The van der Waals surface area contributed by atoms with Crippen LogP contribution in [0, 0.1) is 0 Å². The summed E-state index contributed by atoms with van der Waals surface area (Å²) < 4.78 is 0. The topological polar surface area (TPSA) is 56.9 Å². The van der Waals surface area contributed by atoms with Crippen molar-refractivity contribution < 1.29 is 4.79 Å². The number of hydrogen-bond acceptors (Lipinski definition) is 2. The number of nitrogens with one attached hydrogen (secondary N) is 3. The number of aromatic nitrogens is 1. The van der Waals surface area contributed by atoms with Crippen LogP contribution in [0.15, 0.2) is 60.8 Å². The van der Waals surface area contributed by atoms with Crippen LogP contribution in [-0.2, 0) is 4.79 Å². The van der Waals surface area contributed by atoms with Crippen LogP contribution in [0.2, 0.25) is 0 Å². The molecule has 1 amide bonds. The highest BCUT2D eigenvalue weighted by Gasteiger charge is 2.23. The number of halogens is 1. The van der Waals surface area contributed by atoms with E-state index in [2.05, 4.69) is 64.3 Å². The van der Waals surface area contributed by atoms with Gasteiger partial charge < -0.3 is 15.6 Å². The van der Waals surface area contributed by atoms with Crippen molar-refractivity contribution >= 4 is 29.2 Å². The molecule has 0 radical (unpaired) electrons. The van der Waals surface area contributed by atoms with Gasteiger partial charge in [-0.15, -0.1) is 12.4 Å². The van der Waals surface area contributed by atoms with E-state index in [1.807, 2.05) is 12.1 Å².